The maximum Gasteiger partial charge on any atom is 0.236 e. The number of rotatable bonds is 5. The van der Waals surface area contributed by atoms with Crippen LogP contribution in [-0.4, -0.2) is 86.1 Å². The molecule has 1 aromatic carbocycles. The second-order valence-electron chi connectivity index (χ2n) is 6.71. The van der Waals surface area contributed by atoms with Crippen molar-refractivity contribution in [1.29, 1.82) is 0 Å². The van der Waals surface area contributed by atoms with Crippen molar-refractivity contribution in [3.05, 3.63) is 41.9 Å². The second kappa shape index (κ2) is 8.70. The molecule has 0 N–H and O–H groups in total. The van der Waals surface area contributed by atoms with Gasteiger partial charge in [0, 0.05) is 69.6 Å². The summed E-state index contributed by atoms with van der Waals surface area (Å²) in [7, 11) is 0. The zero-order valence-corrected chi connectivity index (χ0v) is 15.5. The van der Waals surface area contributed by atoms with Gasteiger partial charge in [-0.2, -0.15) is 0 Å². The Labute approximate surface area is 155 Å². The van der Waals surface area contributed by atoms with E-state index in [1.807, 2.05) is 23.1 Å². The standard InChI is InChI=1S/C19H27ClN4O/c1-2-7-21-8-14-24(15-9-21)19(25)16-22-10-12-23(13-11-22)18-5-3-17(20)4-6-18/h2-6H,1,7-16H2. The maximum atomic E-state index is 12.5. The van der Waals surface area contributed by atoms with Gasteiger partial charge >= 0.3 is 0 Å². The van der Waals surface area contributed by atoms with Gasteiger partial charge in [0.25, 0.3) is 0 Å². The first-order valence-corrected chi connectivity index (χ1v) is 9.37. The first kappa shape index (κ1) is 18.2. The summed E-state index contributed by atoms with van der Waals surface area (Å²) in [6.45, 7) is 12.5. The lowest BCUT2D eigenvalue weighted by molar-refractivity contribution is -0.134. The largest absolute Gasteiger partial charge is 0.369 e. The lowest BCUT2D eigenvalue weighted by Crippen LogP contribution is -2.53. The Bertz CT molecular complexity index is 576. The molecule has 2 aliphatic heterocycles. The number of piperazine rings is 2. The average molecular weight is 363 g/mol. The van der Waals surface area contributed by atoms with Gasteiger partial charge in [0.1, 0.15) is 0 Å². The molecule has 0 bridgehead atoms. The van der Waals surface area contributed by atoms with E-state index in [-0.39, 0.29) is 5.91 Å². The predicted molar refractivity (Wildman–Crippen MR) is 103 cm³/mol. The third-order valence-corrected chi connectivity index (χ3v) is 5.29. The molecule has 0 spiro atoms. The van der Waals surface area contributed by atoms with Gasteiger partial charge in [-0.1, -0.05) is 17.7 Å². The Morgan fingerprint density at radius 3 is 2.16 bits per heavy atom. The smallest absolute Gasteiger partial charge is 0.236 e. The van der Waals surface area contributed by atoms with E-state index in [0.717, 1.165) is 63.9 Å². The fourth-order valence-corrected chi connectivity index (χ4v) is 3.60. The molecule has 2 aliphatic rings. The van der Waals surface area contributed by atoms with Crippen LogP contribution in [0.2, 0.25) is 5.02 Å². The maximum absolute atomic E-state index is 12.5. The number of carbonyl (C=O) groups is 1. The number of anilines is 1. The Kier molecular flexibility index (Phi) is 6.34. The van der Waals surface area contributed by atoms with E-state index >= 15 is 0 Å². The summed E-state index contributed by atoms with van der Waals surface area (Å²) < 4.78 is 0. The molecule has 2 saturated heterocycles. The summed E-state index contributed by atoms with van der Waals surface area (Å²) in [5.74, 6) is 0.262. The number of halogens is 1. The molecule has 1 aromatic rings. The zero-order chi connectivity index (χ0) is 17.6. The second-order valence-corrected chi connectivity index (χ2v) is 7.15. The molecule has 0 atom stereocenters. The highest BCUT2D eigenvalue weighted by molar-refractivity contribution is 6.30. The highest BCUT2D eigenvalue weighted by Gasteiger charge is 2.24. The normalized spacial score (nSPS) is 19.9. The third kappa shape index (κ3) is 4.97. The fraction of sp³-hybridized carbons (Fsp3) is 0.526. The molecule has 0 aromatic heterocycles. The van der Waals surface area contributed by atoms with Gasteiger partial charge in [-0.05, 0) is 24.3 Å². The Hall–Kier alpha value is -1.56. The first-order chi connectivity index (χ1) is 12.2. The summed E-state index contributed by atoms with van der Waals surface area (Å²) >= 11 is 5.95. The Morgan fingerprint density at radius 2 is 1.56 bits per heavy atom. The van der Waals surface area contributed by atoms with Crippen molar-refractivity contribution >= 4 is 23.2 Å². The SMILES string of the molecule is C=CCN1CCN(C(=O)CN2CCN(c3ccc(Cl)cc3)CC2)CC1. The lowest BCUT2D eigenvalue weighted by Gasteiger charge is -2.38. The Morgan fingerprint density at radius 1 is 0.960 bits per heavy atom. The molecule has 0 radical (unpaired) electrons. The van der Waals surface area contributed by atoms with E-state index < -0.39 is 0 Å². The van der Waals surface area contributed by atoms with Gasteiger partial charge < -0.3 is 9.80 Å². The molecule has 6 heteroatoms. The summed E-state index contributed by atoms with van der Waals surface area (Å²) in [6, 6.07) is 7.98. The van der Waals surface area contributed by atoms with Crippen molar-refractivity contribution in [2.24, 2.45) is 0 Å². The van der Waals surface area contributed by atoms with E-state index in [9.17, 15) is 4.79 Å². The van der Waals surface area contributed by atoms with E-state index in [4.69, 9.17) is 11.6 Å². The molecule has 3 rings (SSSR count). The zero-order valence-electron chi connectivity index (χ0n) is 14.7. The molecule has 0 aliphatic carbocycles. The van der Waals surface area contributed by atoms with E-state index in [0.29, 0.717) is 6.54 Å². The monoisotopic (exact) mass is 362 g/mol. The highest BCUT2D eigenvalue weighted by Crippen LogP contribution is 2.19. The van der Waals surface area contributed by atoms with Gasteiger partial charge in [-0.3, -0.25) is 14.6 Å². The van der Waals surface area contributed by atoms with Crippen LogP contribution >= 0.6 is 11.6 Å². The van der Waals surface area contributed by atoms with Crippen molar-refractivity contribution in [2.75, 3.05) is 70.3 Å². The third-order valence-electron chi connectivity index (χ3n) is 5.04. The molecular formula is C19H27ClN4O. The molecular weight excluding hydrogens is 336 g/mol. The van der Waals surface area contributed by atoms with E-state index in [1.54, 1.807) is 0 Å². The van der Waals surface area contributed by atoms with Crippen molar-refractivity contribution in [1.82, 2.24) is 14.7 Å². The average Bonchev–Trinajstić information content (AvgIpc) is 2.64. The molecule has 0 unspecified atom stereocenters. The van der Waals surface area contributed by atoms with Crippen LogP contribution in [0.15, 0.2) is 36.9 Å². The number of carbonyl (C=O) groups excluding carboxylic acids is 1. The van der Waals surface area contributed by atoms with Crippen LogP contribution in [0.25, 0.3) is 0 Å². The molecule has 2 fully saturated rings. The first-order valence-electron chi connectivity index (χ1n) is 8.99. The number of hydrogen-bond donors (Lipinski definition) is 0. The van der Waals surface area contributed by atoms with Gasteiger partial charge in [0.05, 0.1) is 6.54 Å². The summed E-state index contributed by atoms with van der Waals surface area (Å²) in [4.78, 5) is 21.5. The van der Waals surface area contributed by atoms with Gasteiger partial charge in [0.2, 0.25) is 5.91 Å². The van der Waals surface area contributed by atoms with Crippen LogP contribution in [0.3, 0.4) is 0 Å². The van der Waals surface area contributed by atoms with Crippen molar-refractivity contribution in [3.63, 3.8) is 0 Å². The summed E-state index contributed by atoms with van der Waals surface area (Å²) in [5.41, 5.74) is 1.20. The highest BCUT2D eigenvalue weighted by atomic mass is 35.5. The number of benzene rings is 1. The lowest BCUT2D eigenvalue weighted by atomic mass is 10.2. The Balaban J connectivity index is 1.42. The van der Waals surface area contributed by atoms with Gasteiger partial charge in [-0.15, -0.1) is 6.58 Å². The van der Waals surface area contributed by atoms with Crippen LogP contribution in [-0.2, 0) is 4.79 Å². The minimum Gasteiger partial charge on any atom is -0.369 e. The van der Waals surface area contributed by atoms with Crippen molar-refractivity contribution in [3.8, 4) is 0 Å². The van der Waals surface area contributed by atoms with Gasteiger partial charge in [0.15, 0.2) is 0 Å². The molecule has 0 saturated carbocycles. The minimum absolute atomic E-state index is 0.262. The number of hydrogen-bond acceptors (Lipinski definition) is 4. The molecule has 5 nitrogen and oxygen atoms in total. The topological polar surface area (TPSA) is 30.0 Å². The predicted octanol–water partition coefficient (Wildman–Crippen LogP) is 1.79. The molecule has 136 valence electrons. The number of nitrogens with zero attached hydrogens (tertiary/aromatic N) is 4. The van der Waals surface area contributed by atoms with Crippen LogP contribution in [0.5, 0.6) is 0 Å². The van der Waals surface area contributed by atoms with Crippen LogP contribution in [0.1, 0.15) is 0 Å². The molecule has 2 heterocycles. The van der Waals surface area contributed by atoms with Crippen LogP contribution < -0.4 is 4.90 Å². The van der Waals surface area contributed by atoms with Crippen LogP contribution in [0.4, 0.5) is 5.69 Å². The van der Waals surface area contributed by atoms with Crippen molar-refractivity contribution < 1.29 is 4.79 Å². The number of amides is 1. The van der Waals surface area contributed by atoms with E-state index in [1.165, 1.54) is 5.69 Å². The fourth-order valence-electron chi connectivity index (χ4n) is 3.47. The summed E-state index contributed by atoms with van der Waals surface area (Å²) in [5, 5.41) is 0.765. The molecule has 25 heavy (non-hydrogen) atoms. The van der Waals surface area contributed by atoms with Gasteiger partial charge in [-0.25, -0.2) is 0 Å². The summed E-state index contributed by atoms with van der Waals surface area (Å²) in [6.07, 6.45) is 1.93. The van der Waals surface area contributed by atoms with E-state index in [2.05, 4.69) is 33.4 Å². The molecule has 1 amide bonds. The minimum atomic E-state index is 0.262. The quantitative estimate of drug-likeness (QED) is 0.747. The van der Waals surface area contributed by atoms with Crippen LogP contribution in [0, 0.1) is 0 Å². The van der Waals surface area contributed by atoms with Crippen molar-refractivity contribution in [2.45, 2.75) is 0 Å².